The second-order valence-corrected chi connectivity index (χ2v) is 15.6. The molecule has 0 amide bonds. The largest absolute Gasteiger partial charge is 0.458 e. The Bertz CT molecular complexity index is 3020. The van der Waals surface area contributed by atoms with Crippen LogP contribution < -0.4 is 30.8 Å². The molecule has 12 rings (SSSR count). The van der Waals surface area contributed by atoms with Crippen molar-refractivity contribution in [3.8, 4) is 39.8 Å². The zero-order valence-corrected chi connectivity index (χ0v) is 31.0. The molecule has 0 saturated carbocycles. The summed E-state index contributed by atoms with van der Waals surface area (Å²) in [6, 6.07) is 63.0. The first kappa shape index (κ1) is 31.4. The summed E-state index contributed by atoms with van der Waals surface area (Å²) < 4.78 is 16.8. The summed E-state index contributed by atoms with van der Waals surface area (Å²) in [5.74, 6) is 3.56. The Hall–Kier alpha value is -6.98. The molecule has 9 aromatic rings. The molecule has 0 spiro atoms. The summed E-state index contributed by atoms with van der Waals surface area (Å²) >= 11 is 0. The standard InChI is InChI=1S/C51H35BN2O2/c1-51(2)39-30-35(53(32-16-6-3-7-17-32)33-18-8-4-9-19-33)26-27-38(39)46-40(51)31-45-47-50(46)55-44-25-15-13-23-41(44)52(47)42-29-28-37-36-22-12-14-24-43(36)54(48(37)49(42)56-45)34-20-10-5-11-21-34/h3-31H,1-2H3. The number of hydrogen-bond acceptors (Lipinski definition) is 3. The van der Waals surface area contributed by atoms with E-state index >= 15 is 0 Å². The van der Waals surface area contributed by atoms with Gasteiger partial charge in [-0.15, -0.1) is 0 Å². The van der Waals surface area contributed by atoms with Gasteiger partial charge >= 0.3 is 0 Å². The van der Waals surface area contributed by atoms with Crippen molar-refractivity contribution in [3.05, 3.63) is 187 Å². The van der Waals surface area contributed by atoms with Crippen molar-refractivity contribution in [3.63, 3.8) is 0 Å². The van der Waals surface area contributed by atoms with Gasteiger partial charge in [-0.05, 0) is 94.3 Å². The van der Waals surface area contributed by atoms with E-state index in [1.807, 2.05) is 0 Å². The van der Waals surface area contributed by atoms with Crippen LogP contribution in [-0.4, -0.2) is 11.3 Å². The van der Waals surface area contributed by atoms with Gasteiger partial charge in [-0.1, -0.05) is 123 Å². The highest BCUT2D eigenvalue weighted by Crippen LogP contribution is 2.56. The van der Waals surface area contributed by atoms with E-state index in [1.54, 1.807) is 0 Å². The highest BCUT2D eigenvalue weighted by atomic mass is 16.5. The van der Waals surface area contributed by atoms with E-state index in [0.717, 1.165) is 78.7 Å². The summed E-state index contributed by atoms with van der Waals surface area (Å²) in [6.07, 6.45) is 0. The van der Waals surface area contributed by atoms with Gasteiger partial charge in [0.05, 0.1) is 11.0 Å². The van der Waals surface area contributed by atoms with E-state index in [1.165, 1.54) is 27.5 Å². The minimum atomic E-state index is -0.338. The zero-order chi connectivity index (χ0) is 37.1. The smallest absolute Gasteiger partial charge is 0.260 e. The molecule has 0 radical (unpaired) electrons. The highest BCUT2D eigenvalue weighted by molar-refractivity contribution is 6.98. The van der Waals surface area contributed by atoms with Gasteiger partial charge in [0, 0.05) is 50.0 Å². The second kappa shape index (κ2) is 11.5. The van der Waals surface area contributed by atoms with Crippen molar-refractivity contribution in [2.45, 2.75) is 19.3 Å². The maximum atomic E-state index is 7.33. The van der Waals surface area contributed by atoms with E-state index < -0.39 is 0 Å². The predicted octanol–water partition coefficient (Wildman–Crippen LogP) is 11.3. The number of anilines is 3. The number of aromatic nitrogens is 1. The first-order chi connectivity index (χ1) is 27.6. The molecule has 0 N–H and O–H groups in total. The molecule has 0 atom stereocenters. The normalized spacial score (nSPS) is 13.9. The Morgan fingerprint density at radius 2 is 1.18 bits per heavy atom. The van der Waals surface area contributed by atoms with Crippen LogP contribution >= 0.6 is 0 Å². The lowest BCUT2D eigenvalue weighted by Gasteiger charge is -2.35. The zero-order valence-electron chi connectivity index (χ0n) is 31.0. The molecule has 0 unspecified atom stereocenters. The lowest BCUT2D eigenvalue weighted by atomic mass is 9.34. The molecule has 0 saturated heterocycles. The Balaban J connectivity index is 1.10. The van der Waals surface area contributed by atoms with Crippen LogP contribution in [0.3, 0.4) is 0 Å². The Morgan fingerprint density at radius 3 is 1.95 bits per heavy atom. The molecule has 3 aliphatic rings. The maximum absolute atomic E-state index is 7.33. The molecule has 5 heteroatoms. The van der Waals surface area contributed by atoms with Crippen LogP contribution in [-0.2, 0) is 5.41 Å². The predicted molar refractivity (Wildman–Crippen MR) is 231 cm³/mol. The summed E-state index contributed by atoms with van der Waals surface area (Å²) in [5.41, 5.74) is 14.6. The van der Waals surface area contributed by atoms with Crippen molar-refractivity contribution in [2.24, 2.45) is 0 Å². The summed E-state index contributed by atoms with van der Waals surface area (Å²) in [5, 5.41) is 2.38. The fraction of sp³-hybridized carbons (Fsp3) is 0.0588. The Labute approximate surface area is 325 Å². The average molecular weight is 719 g/mol. The summed E-state index contributed by atoms with van der Waals surface area (Å²) in [6.45, 7) is 4.61. The van der Waals surface area contributed by atoms with Gasteiger partial charge in [0.15, 0.2) is 0 Å². The van der Waals surface area contributed by atoms with Gasteiger partial charge in [0.2, 0.25) is 0 Å². The van der Waals surface area contributed by atoms with Gasteiger partial charge in [-0.25, -0.2) is 0 Å². The third-order valence-corrected chi connectivity index (χ3v) is 12.3. The van der Waals surface area contributed by atoms with Crippen LogP contribution in [0.2, 0.25) is 0 Å². The molecule has 264 valence electrons. The van der Waals surface area contributed by atoms with Crippen LogP contribution in [0.25, 0.3) is 38.6 Å². The fourth-order valence-corrected chi connectivity index (χ4v) is 9.76. The monoisotopic (exact) mass is 718 g/mol. The number of benzene rings is 8. The lowest BCUT2D eigenvalue weighted by molar-refractivity contribution is 0.465. The molecule has 3 heterocycles. The maximum Gasteiger partial charge on any atom is 0.260 e. The van der Waals surface area contributed by atoms with Crippen LogP contribution in [0, 0.1) is 0 Å². The molecular weight excluding hydrogens is 683 g/mol. The van der Waals surface area contributed by atoms with Crippen molar-refractivity contribution >= 4 is 62.0 Å². The number of hydrogen-bond donors (Lipinski definition) is 0. The topological polar surface area (TPSA) is 26.6 Å². The van der Waals surface area contributed by atoms with Crippen molar-refractivity contribution in [1.82, 2.24) is 4.57 Å². The van der Waals surface area contributed by atoms with E-state index in [-0.39, 0.29) is 12.1 Å². The van der Waals surface area contributed by atoms with Crippen molar-refractivity contribution in [2.75, 3.05) is 4.90 Å². The average Bonchev–Trinajstić information content (AvgIpc) is 3.70. The molecule has 2 aliphatic heterocycles. The SMILES string of the molecule is CC1(C)c2cc(N(c3ccccc3)c3ccccc3)ccc2-c2c1cc1c3c2Oc2ccccc2B3c2ccc3c4ccccc4n(-c4ccccc4)c3c2O1. The van der Waals surface area contributed by atoms with Gasteiger partial charge in [0.1, 0.15) is 23.0 Å². The Morgan fingerprint density at radius 1 is 0.518 bits per heavy atom. The van der Waals surface area contributed by atoms with Crippen molar-refractivity contribution in [1.29, 1.82) is 0 Å². The molecule has 56 heavy (non-hydrogen) atoms. The molecule has 1 aliphatic carbocycles. The van der Waals surface area contributed by atoms with Crippen molar-refractivity contribution < 1.29 is 9.47 Å². The quantitative estimate of drug-likeness (QED) is 0.170. The molecule has 0 bridgehead atoms. The van der Waals surface area contributed by atoms with Gasteiger partial charge in [0.25, 0.3) is 6.71 Å². The molecular formula is C51H35BN2O2. The third-order valence-electron chi connectivity index (χ3n) is 12.3. The molecule has 1 aromatic heterocycles. The number of fused-ring (bicyclic) bond motifs is 12. The fourth-order valence-electron chi connectivity index (χ4n) is 9.76. The Kier molecular flexibility index (Phi) is 6.45. The number of nitrogens with zero attached hydrogens (tertiary/aromatic N) is 2. The first-order valence-corrected chi connectivity index (χ1v) is 19.4. The first-order valence-electron chi connectivity index (χ1n) is 19.4. The van der Waals surface area contributed by atoms with E-state index in [9.17, 15) is 0 Å². The molecule has 0 fully saturated rings. The van der Waals surface area contributed by atoms with Gasteiger partial charge in [-0.3, -0.25) is 0 Å². The van der Waals surface area contributed by atoms with E-state index in [0.29, 0.717) is 0 Å². The lowest BCUT2D eigenvalue weighted by Crippen LogP contribution is -2.57. The second-order valence-electron chi connectivity index (χ2n) is 15.6. The van der Waals surface area contributed by atoms with E-state index in [4.69, 9.17) is 9.47 Å². The third kappa shape index (κ3) is 4.25. The van der Waals surface area contributed by atoms with Crippen LogP contribution in [0.1, 0.15) is 25.0 Å². The van der Waals surface area contributed by atoms with Gasteiger partial charge in [-0.2, -0.15) is 0 Å². The minimum Gasteiger partial charge on any atom is -0.458 e. The van der Waals surface area contributed by atoms with Crippen LogP contribution in [0.5, 0.6) is 23.0 Å². The highest BCUT2D eigenvalue weighted by Gasteiger charge is 2.47. The number of rotatable bonds is 4. The van der Waals surface area contributed by atoms with Crippen LogP contribution in [0.4, 0.5) is 17.1 Å². The molecule has 8 aromatic carbocycles. The summed E-state index contributed by atoms with van der Waals surface area (Å²) in [4.78, 5) is 2.34. The van der Waals surface area contributed by atoms with E-state index in [2.05, 4.69) is 199 Å². The molecule has 4 nitrogen and oxygen atoms in total. The number of para-hydroxylation sites is 5. The van der Waals surface area contributed by atoms with Crippen LogP contribution in [0.15, 0.2) is 176 Å². The van der Waals surface area contributed by atoms with Gasteiger partial charge < -0.3 is 18.9 Å². The number of ether oxygens (including phenoxy) is 2. The summed E-state index contributed by atoms with van der Waals surface area (Å²) in [7, 11) is 0. The minimum absolute atomic E-state index is 0.0660.